The molecule has 2 aromatic rings. The third kappa shape index (κ3) is 8.82. The molecule has 1 unspecified atom stereocenters. The Bertz CT molecular complexity index is 796. The molecule has 0 aliphatic rings. The number of hydrogen-bond acceptors (Lipinski definition) is 6. The van der Waals surface area contributed by atoms with Crippen molar-refractivity contribution in [3.05, 3.63) is 53.7 Å². The highest BCUT2D eigenvalue weighted by Gasteiger charge is 2.10. The van der Waals surface area contributed by atoms with E-state index in [1.165, 1.54) is 0 Å². The molecule has 1 aromatic heterocycles. The van der Waals surface area contributed by atoms with Crippen molar-refractivity contribution in [2.75, 3.05) is 33.4 Å². The second kappa shape index (κ2) is 13.5. The lowest BCUT2D eigenvalue weighted by molar-refractivity contribution is 0.143. The number of nitrogens with zero attached hydrogens (tertiary/aromatic N) is 2. The van der Waals surface area contributed by atoms with E-state index in [0.717, 1.165) is 16.9 Å². The summed E-state index contributed by atoms with van der Waals surface area (Å²) in [7, 11) is 1.63. The molecule has 3 N–H and O–H groups in total. The molecule has 8 heteroatoms. The highest BCUT2D eigenvalue weighted by Crippen LogP contribution is 2.18. The summed E-state index contributed by atoms with van der Waals surface area (Å²) in [5.41, 5.74) is 1.68. The van der Waals surface area contributed by atoms with Crippen molar-refractivity contribution in [1.82, 2.24) is 15.6 Å². The Morgan fingerprint density at radius 2 is 1.90 bits per heavy atom. The predicted molar refractivity (Wildman–Crippen MR) is 122 cm³/mol. The summed E-state index contributed by atoms with van der Waals surface area (Å²) in [6.07, 6.45) is 1.12. The summed E-state index contributed by atoms with van der Waals surface area (Å²) in [5, 5.41) is 16.9. The first kappa shape index (κ1) is 24.4. The van der Waals surface area contributed by atoms with Crippen LogP contribution in [0.2, 0.25) is 0 Å². The van der Waals surface area contributed by atoms with E-state index in [0.29, 0.717) is 44.7 Å². The fraction of sp³-hybridized carbons (Fsp3) is 0.478. The third-order valence-corrected chi connectivity index (χ3v) is 4.23. The first-order valence-corrected chi connectivity index (χ1v) is 10.6. The Hall–Kier alpha value is -2.84. The fourth-order valence-electron chi connectivity index (χ4n) is 2.75. The standard InChI is InChI=1S/C23H34N4O4/c1-5-24-23(26-15-19-7-6-12-25-22(19)30-14-13-29-4)27-16-21(28)18-8-10-20(11-9-18)31-17(2)3/h6-12,17,21,28H,5,13-16H2,1-4H3,(H2,24,26,27). The molecule has 31 heavy (non-hydrogen) atoms. The molecule has 0 fully saturated rings. The lowest BCUT2D eigenvalue weighted by Gasteiger charge is -2.16. The predicted octanol–water partition coefficient (Wildman–Crippen LogP) is 2.68. The summed E-state index contributed by atoms with van der Waals surface area (Å²) in [6, 6.07) is 11.3. The van der Waals surface area contributed by atoms with Crippen LogP contribution in [0, 0.1) is 0 Å². The van der Waals surface area contributed by atoms with Crippen molar-refractivity contribution in [3.63, 3.8) is 0 Å². The molecule has 2 rings (SSSR count). The Morgan fingerprint density at radius 3 is 2.58 bits per heavy atom. The minimum Gasteiger partial charge on any atom is -0.491 e. The molecule has 1 aromatic carbocycles. The number of benzene rings is 1. The fourth-order valence-corrected chi connectivity index (χ4v) is 2.75. The molecule has 0 aliphatic carbocycles. The largest absolute Gasteiger partial charge is 0.491 e. The van der Waals surface area contributed by atoms with Crippen LogP contribution in [0.3, 0.4) is 0 Å². The van der Waals surface area contributed by atoms with E-state index in [1.807, 2.05) is 57.2 Å². The summed E-state index contributed by atoms with van der Waals surface area (Å²) in [4.78, 5) is 8.87. The first-order chi connectivity index (χ1) is 15.0. The number of hydrogen-bond donors (Lipinski definition) is 3. The average molecular weight is 431 g/mol. The monoisotopic (exact) mass is 430 g/mol. The highest BCUT2D eigenvalue weighted by atomic mass is 16.5. The molecule has 0 spiro atoms. The number of nitrogens with one attached hydrogen (secondary N) is 2. The van der Waals surface area contributed by atoms with Crippen molar-refractivity contribution in [2.45, 2.75) is 39.5 Å². The SMILES string of the molecule is CCNC(=NCc1cccnc1OCCOC)NCC(O)c1ccc(OC(C)C)cc1. The van der Waals surface area contributed by atoms with Crippen LogP contribution in [0.25, 0.3) is 0 Å². The summed E-state index contributed by atoms with van der Waals surface area (Å²) < 4.78 is 16.3. The van der Waals surface area contributed by atoms with Gasteiger partial charge in [-0.2, -0.15) is 0 Å². The Labute approximate surface area is 184 Å². The molecule has 0 aliphatic heterocycles. The van der Waals surface area contributed by atoms with Gasteiger partial charge in [-0.25, -0.2) is 9.98 Å². The van der Waals surface area contributed by atoms with Gasteiger partial charge in [-0.05, 0) is 44.5 Å². The van der Waals surface area contributed by atoms with Crippen LogP contribution >= 0.6 is 0 Å². The smallest absolute Gasteiger partial charge is 0.218 e. The molecule has 0 amide bonds. The van der Waals surface area contributed by atoms with Gasteiger partial charge < -0.3 is 30.0 Å². The van der Waals surface area contributed by atoms with Gasteiger partial charge in [-0.3, -0.25) is 0 Å². The van der Waals surface area contributed by atoms with E-state index in [-0.39, 0.29) is 6.10 Å². The minimum atomic E-state index is -0.678. The second-order valence-corrected chi connectivity index (χ2v) is 7.14. The maximum absolute atomic E-state index is 10.5. The van der Waals surface area contributed by atoms with E-state index < -0.39 is 6.10 Å². The average Bonchev–Trinajstić information content (AvgIpc) is 2.76. The van der Waals surface area contributed by atoms with Gasteiger partial charge >= 0.3 is 0 Å². The minimum absolute atomic E-state index is 0.113. The maximum Gasteiger partial charge on any atom is 0.218 e. The zero-order valence-corrected chi connectivity index (χ0v) is 18.8. The molecule has 0 radical (unpaired) electrons. The van der Waals surface area contributed by atoms with Gasteiger partial charge in [0.15, 0.2) is 5.96 Å². The zero-order valence-electron chi connectivity index (χ0n) is 18.8. The van der Waals surface area contributed by atoms with Crippen LogP contribution in [0.4, 0.5) is 0 Å². The topological polar surface area (TPSA) is 97.2 Å². The first-order valence-electron chi connectivity index (χ1n) is 10.6. The van der Waals surface area contributed by atoms with Crippen molar-refractivity contribution < 1.29 is 19.3 Å². The van der Waals surface area contributed by atoms with Crippen LogP contribution in [-0.4, -0.2) is 55.6 Å². The second-order valence-electron chi connectivity index (χ2n) is 7.14. The number of aliphatic imine (C=N–C) groups is 1. The number of guanidine groups is 1. The van der Waals surface area contributed by atoms with Gasteiger partial charge in [0, 0.05) is 32.0 Å². The van der Waals surface area contributed by atoms with Gasteiger partial charge in [0.1, 0.15) is 12.4 Å². The van der Waals surface area contributed by atoms with Crippen LogP contribution in [0.15, 0.2) is 47.6 Å². The van der Waals surface area contributed by atoms with Gasteiger partial charge in [0.2, 0.25) is 5.88 Å². The quantitative estimate of drug-likeness (QED) is 0.271. The highest BCUT2D eigenvalue weighted by molar-refractivity contribution is 5.79. The van der Waals surface area contributed by atoms with Crippen molar-refractivity contribution >= 4 is 5.96 Å². The van der Waals surface area contributed by atoms with E-state index in [2.05, 4.69) is 20.6 Å². The number of aliphatic hydroxyl groups excluding tert-OH is 1. The number of aliphatic hydroxyl groups is 1. The summed E-state index contributed by atoms with van der Waals surface area (Å²) >= 11 is 0. The third-order valence-electron chi connectivity index (χ3n) is 4.23. The number of ether oxygens (including phenoxy) is 3. The van der Waals surface area contributed by atoms with Crippen molar-refractivity contribution in [2.24, 2.45) is 4.99 Å². The number of methoxy groups -OCH3 is 1. The van der Waals surface area contributed by atoms with Gasteiger partial charge in [-0.15, -0.1) is 0 Å². The molecule has 0 bridgehead atoms. The van der Waals surface area contributed by atoms with Crippen LogP contribution in [0.5, 0.6) is 11.6 Å². The molecular weight excluding hydrogens is 396 g/mol. The summed E-state index contributed by atoms with van der Waals surface area (Å²) in [5.74, 6) is 1.93. The number of rotatable bonds is 12. The van der Waals surface area contributed by atoms with E-state index >= 15 is 0 Å². The van der Waals surface area contributed by atoms with E-state index in [1.54, 1.807) is 13.3 Å². The maximum atomic E-state index is 10.5. The van der Waals surface area contributed by atoms with Crippen LogP contribution in [-0.2, 0) is 11.3 Å². The van der Waals surface area contributed by atoms with Crippen LogP contribution < -0.4 is 20.1 Å². The van der Waals surface area contributed by atoms with Crippen molar-refractivity contribution in [3.8, 4) is 11.6 Å². The Balaban J connectivity index is 1.95. The Morgan fingerprint density at radius 1 is 1.13 bits per heavy atom. The lowest BCUT2D eigenvalue weighted by atomic mass is 10.1. The normalized spacial score (nSPS) is 12.5. The lowest BCUT2D eigenvalue weighted by Crippen LogP contribution is -2.39. The van der Waals surface area contributed by atoms with Crippen LogP contribution in [0.1, 0.15) is 38.0 Å². The van der Waals surface area contributed by atoms with Gasteiger partial charge in [0.25, 0.3) is 0 Å². The van der Waals surface area contributed by atoms with Crippen molar-refractivity contribution in [1.29, 1.82) is 0 Å². The number of aromatic nitrogens is 1. The summed E-state index contributed by atoms with van der Waals surface area (Å²) in [6.45, 7) is 8.28. The van der Waals surface area contributed by atoms with E-state index in [4.69, 9.17) is 14.2 Å². The zero-order chi connectivity index (χ0) is 22.5. The Kier molecular flexibility index (Phi) is 10.6. The van der Waals surface area contributed by atoms with Gasteiger partial charge in [0.05, 0.1) is 25.4 Å². The number of pyridine rings is 1. The van der Waals surface area contributed by atoms with E-state index in [9.17, 15) is 5.11 Å². The molecule has 8 nitrogen and oxygen atoms in total. The molecular formula is C23H34N4O4. The molecule has 170 valence electrons. The molecule has 0 saturated carbocycles. The van der Waals surface area contributed by atoms with Gasteiger partial charge in [-0.1, -0.05) is 18.2 Å². The molecule has 1 atom stereocenters. The molecule has 1 heterocycles. The molecule has 0 saturated heterocycles.